The van der Waals surface area contributed by atoms with E-state index in [0.29, 0.717) is 11.1 Å². The SMILES string of the molecule is CC1(C)c2ccccc2-c2cc3c4ccccc4n(-c4c(C#N)cc(C#N)c5c4C4(c6ccccc6-c6ccccc64)c4ccccc4-5)c3cc21. The topological polar surface area (TPSA) is 52.5 Å². The summed E-state index contributed by atoms with van der Waals surface area (Å²) in [6.07, 6.45) is 0. The summed E-state index contributed by atoms with van der Waals surface area (Å²) in [6, 6.07) is 55.0. The molecule has 3 aliphatic carbocycles. The number of fused-ring (bicyclic) bond motifs is 16. The first kappa shape index (κ1) is 28.2. The molecule has 0 saturated heterocycles. The highest BCUT2D eigenvalue weighted by Gasteiger charge is 2.54. The van der Waals surface area contributed by atoms with Gasteiger partial charge in [-0.15, -0.1) is 0 Å². The predicted octanol–water partition coefficient (Wildman–Crippen LogP) is 11.2. The summed E-state index contributed by atoms with van der Waals surface area (Å²) in [5.74, 6) is 0. The van der Waals surface area contributed by atoms with E-state index < -0.39 is 5.41 Å². The van der Waals surface area contributed by atoms with E-state index in [-0.39, 0.29) is 5.41 Å². The number of para-hydroxylation sites is 1. The van der Waals surface area contributed by atoms with Gasteiger partial charge < -0.3 is 4.57 Å². The van der Waals surface area contributed by atoms with Crippen molar-refractivity contribution in [3.05, 3.63) is 184 Å². The maximum Gasteiger partial charge on any atom is 0.101 e. The van der Waals surface area contributed by atoms with Gasteiger partial charge in [0.25, 0.3) is 0 Å². The van der Waals surface area contributed by atoms with E-state index >= 15 is 0 Å². The van der Waals surface area contributed by atoms with Gasteiger partial charge in [-0.3, -0.25) is 0 Å². The minimum atomic E-state index is -0.739. The van der Waals surface area contributed by atoms with Crippen LogP contribution < -0.4 is 0 Å². The molecule has 0 N–H and O–H groups in total. The molecule has 0 bridgehead atoms. The molecule has 0 amide bonds. The van der Waals surface area contributed by atoms with Crippen molar-refractivity contribution in [1.29, 1.82) is 10.5 Å². The Morgan fingerprint density at radius 2 is 1.00 bits per heavy atom. The molecule has 1 spiro atoms. The zero-order chi connectivity index (χ0) is 34.2. The van der Waals surface area contributed by atoms with E-state index in [0.717, 1.165) is 49.7 Å². The lowest BCUT2D eigenvalue weighted by Gasteiger charge is -2.33. The third-order valence-corrected chi connectivity index (χ3v) is 12.1. The van der Waals surface area contributed by atoms with Crippen LogP contribution in [0.5, 0.6) is 0 Å². The molecule has 0 unspecified atom stereocenters. The monoisotopic (exact) mass is 647 g/mol. The fraction of sp³-hybridized carbons (Fsp3) is 0.0833. The van der Waals surface area contributed by atoms with Crippen molar-refractivity contribution >= 4 is 21.8 Å². The number of aromatic nitrogens is 1. The van der Waals surface area contributed by atoms with Crippen LogP contribution in [0.15, 0.2) is 140 Å². The predicted molar refractivity (Wildman–Crippen MR) is 204 cm³/mol. The highest BCUT2D eigenvalue weighted by molar-refractivity contribution is 6.13. The van der Waals surface area contributed by atoms with Gasteiger partial charge in [0.1, 0.15) is 6.07 Å². The van der Waals surface area contributed by atoms with Gasteiger partial charge in [0.15, 0.2) is 0 Å². The molecule has 0 saturated carbocycles. The van der Waals surface area contributed by atoms with Crippen molar-refractivity contribution in [3.63, 3.8) is 0 Å². The van der Waals surface area contributed by atoms with Gasteiger partial charge in [0.2, 0.25) is 0 Å². The van der Waals surface area contributed by atoms with E-state index in [4.69, 9.17) is 0 Å². The summed E-state index contributed by atoms with van der Waals surface area (Å²) in [5.41, 5.74) is 17.0. The Labute approximate surface area is 295 Å². The molecule has 3 aliphatic rings. The Bertz CT molecular complexity index is 2930. The lowest BCUT2D eigenvalue weighted by Crippen LogP contribution is -2.28. The van der Waals surface area contributed by atoms with Gasteiger partial charge >= 0.3 is 0 Å². The lowest BCUT2D eigenvalue weighted by molar-refractivity contribution is 0.661. The Balaban J connectivity index is 1.38. The molecule has 1 heterocycles. The summed E-state index contributed by atoms with van der Waals surface area (Å²) in [6.45, 7) is 4.63. The second-order valence-electron chi connectivity index (χ2n) is 14.6. The molecule has 8 aromatic rings. The molecule has 11 rings (SSSR count). The summed E-state index contributed by atoms with van der Waals surface area (Å²) < 4.78 is 2.35. The largest absolute Gasteiger partial charge is 0.308 e. The molecule has 0 radical (unpaired) electrons. The van der Waals surface area contributed by atoms with E-state index in [1.54, 1.807) is 0 Å². The standard InChI is InChI=1S/C48H29N3/c1-47(2)37-18-8-3-15-32(37)35-24-36-33-16-7-12-22-42(33)51(43(36)25-41(35)47)46-29(27-50)23-28(26-49)44-34-17-6-11-21-40(34)48(45(44)46)38-19-9-4-13-30(38)31-14-5-10-20-39(31)48/h3-25H,1-2H3. The average Bonchev–Trinajstić information content (AvgIpc) is 3.84. The van der Waals surface area contributed by atoms with Gasteiger partial charge in [-0.25, -0.2) is 0 Å². The molecule has 0 fully saturated rings. The van der Waals surface area contributed by atoms with E-state index in [9.17, 15) is 10.5 Å². The van der Waals surface area contributed by atoms with Crippen molar-refractivity contribution in [2.45, 2.75) is 24.7 Å². The van der Waals surface area contributed by atoms with Crippen LogP contribution in [0.3, 0.4) is 0 Å². The van der Waals surface area contributed by atoms with Gasteiger partial charge in [0.05, 0.1) is 39.3 Å². The minimum absolute atomic E-state index is 0.202. The first-order valence-corrected chi connectivity index (χ1v) is 17.5. The molecular formula is C48H29N3. The van der Waals surface area contributed by atoms with Crippen LogP contribution in [0.1, 0.15) is 58.4 Å². The Hall–Kier alpha value is -6.68. The van der Waals surface area contributed by atoms with Crippen LogP contribution >= 0.6 is 0 Å². The first-order valence-electron chi connectivity index (χ1n) is 17.5. The van der Waals surface area contributed by atoms with Crippen molar-refractivity contribution in [3.8, 4) is 51.2 Å². The number of benzene rings is 7. The quantitative estimate of drug-likeness (QED) is 0.178. The van der Waals surface area contributed by atoms with Crippen LogP contribution in [0.25, 0.3) is 60.9 Å². The highest BCUT2D eigenvalue weighted by Crippen LogP contribution is 2.65. The van der Waals surface area contributed by atoms with Crippen LogP contribution in [0.4, 0.5) is 0 Å². The van der Waals surface area contributed by atoms with E-state index in [2.05, 4.69) is 164 Å². The van der Waals surface area contributed by atoms with E-state index in [1.807, 2.05) is 6.07 Å². The Morgan fingerprint density at radius 3 is 1.65 bits per heavy atom. The molecule has 3 heteroatoms. The zero-order valence-electron chi connectivity index (χ0n) is 28.1. The fourth-order valence-electron chi connectivity index (χ4n) is 10.1. The summed E-state index contributed by atoms with van der Waals surface area (Å²) in [7, 11) is 0. The second kappa shape index (κ2) is 9.51. The molecule has 0 atom stereocenters. The molecule has 236 valence electrons. The smallest absolute Gasteiger partial charge is 0.101 e. The van der Waals surface area contributed by atoms with Crippen molar-refractivity contribution in [1.82, 2.24) is 4.57 Å². The fourth-order valence-corrected chi connectivity index (χ4v) is 10.1. The third kappa shape index (κ3) is 3.19. The minimum Gasteiger partial charge on any atom is -0.308 e. The number of hydrogen-bond acceptors (Lipinski definition) is 2. The Kier molecular flexibility index (Phi) is 5.26. The second-order valence-corrected chi connectivity index (χ2v) is 14.6. The average molecular weight is 648 g/mol. The summed E-state index contributed by atoms with van der Waals surface area (Å²) >= 11 is 0. The molecular weight excluding hydrogens is 619 g/mol. The molecule has 7 aromatic carbocycles. The number of nitrogens with zero attached hydrogens (tertiary/aromatic N) is 3. The number of rotatable bonds is 1. The normalized spacial score (nSPS) is 14.7. The molecule has 3 nitrogen and oxygen atoms in total. The first-order chi connectivity index (χ1) is 25.0. The van der Waals surface area contributed by atoms with E-state index in [1.165, 1.54) is 44.5 Å². The molecule has 51 heavy (non-hydrogen) atoms. The zero-order valence-corrected chi connectivity index (χ0v) is 28.1. The van der Waals surface area contributed by atoms with Crippen LogP contribution in [-0.4, -0.2) is 4.57 Å². The van der Waals surface area contributed by atoms with Crippen LogP contribution in [-0.2, 0) is 10.8 Å². The Morgan fingerprint density at radius 1 is 0.471 bits per heavy atom. The molecule has 1 aromatic heterocycles. The van der Waals surface area contributed by atoms with Crippen LogP contribution in [0.2, 0.25) is 0 Å². The summed E-state index contributed by atoms with van der Waals surface area (Å²) in [4.78, 5) is 0. The van der Waals surface area contributed by atoms with Crippen molar-refractivity contribution < 1.29 is 0 Å². The van der Waals surface area contributed by atoms with Crippen LogP contribution in [0, 0.1) is 22.7 Å². The van der Waals surface area contributed by atoms with Gasteiger partial charge in [-0.1, -0.05) is 129 Å². The maximum atomic E-state index is 11.1. The van der Waals surface area contributed by atoms with Crippen molar-refractivity contribution in [2.24, 2.45) is 0 Å². The number of nitriles is 2. The third-order valence-electron chi connectivity index (χ3n) is 12.1. The van der Waals surface area contributed by atoms with Gasteiger partial charge in [-0.05, 0) is 79.9 Å². The number of hydrogen-bond donors (Lipinski definition) is 0. The van der Waals surface area contributed by atoms with Gasteiger partial charge in [-0.2, -0.15) is 10.5 Å². The summed E-state index contributed by atoms with van der Waals surface area (Å²) in [5, 5.41) is 24.2. The lowest BCUT2D eigenvalue weighted by atomic mass is 9.69. The molecule has 0 aliphatic heterocycles. The highest BCUT2D eigenvalue weighted by atomic mass is 15.0. The maximum absolute atomic E-state index is 11.1. The van der Waals surface area contributed by atoms with Crippen molar-refractivity contribution in [2.75, 3.05) is 0 Å². The van der Waals surface area contributed by atoms with Gasteiger partial charge in [0, 0.05) is 27.3 Å².